The number of carbonyl (C=O) groups is 1. The van der Waals surface area contributed by atoms with E-state index in [1.807, 2.05) is 6.07 Å². The van der Waals surface area contributed by atoms with E-state index in [4.69, 9.17) is 10.00 Å². The molecule has 0 aliphatic carbocycles. The van der Waals surface area contributed by atoms with Gasteiger partial charge in [-0.15, -0.1) is 10.2 Å². The first kappa shape index (κ1) is 23.1. The molecule has 0 saturated heterocycles. The molecule has 1 N–H and O–H groups in total. The Morgan fingerprint density at radius 2 is 1.97 bits per heavy atom. The van der Waals surface area contributed by atoms with Crippen LogP contribution in [0.5, 0.6) is 5.75 Å². The monoisotopic (exact) mass is 461 g/mol. The number of alkyl halides is 3. The van der Waals surface area contributed by atoms with Crippen LogP contribution in [0, 0.1) is 11.3 Å². The summed E-state index contributed by atoms with van der Waals surface area (Å²) in [5.41, 5.74) is 0.0126. The summed E-state index contributed by atoms with van der Waals surface area (Å²) in [6.45, 7) is 0.216. The summed E-state index contributed by atoms with van der Waals surface area (Å²) < 4.78 is 46.5. The Hall–Kier alpha value is -3.52. The van der Waals surface area contributed by atoms with Gasteiger partial charge < -0.3 is 10.1 Å². The topological polar surface area (TPSA) is 92.8 Å². The van der Waals surface area contributed by atoms with Crippen LogP contribution in [0.4, 0.5) is 13.2 Å². The van der Waals surface area contributed by atoms with Crippen LogP contribution in [-0.2, 0) is 11.0 Å². The molecule has 0 unspecified atom stereocenters. The Morgan fingerprint density at radius 1 is 1.22 bits per heavy atom. The zero-order chi connectivity index (χ0) is 23.1. The van der Waals surface area contributed by atoms with Crippen LogP contribution in [0.25, 0.3) is 17.1 Å². The summed E-state index contributed by atoms with van der Waals surface area (Å²) >= 11 is 1.03. The molecule has 0 aliphatic heterocycles. The van der Waals surface area contributed by atoms with Crippen molar-refractivity contribution in [2.75, 3.05) is 19.4 Å². The lowest BCUT2D eigenvalue weighted by atomic mass is 10.1. The largest absolute Gasteiger partial charge is 0.497 e. The number of rotatable bonds is 8. The van der Waals surface area contributed by atoms with Crippen LogP contribution >= 0.6 is 11.8 Å². The maximum absolute atomic E-state index is 13.3. The van der Waals surface area contributed by atoms with Crippen LogP contribution in [0.3, 0.4) is 0 Å². The second-order valence-electron chi connectivity index (χ2n) is 6.46. The van der Waals surface area contributed by atoms with Gasteiger partial charge in [0.05, 0.1) is 36.6 Å². The van der Waals surface area contributed by atoms with Crippen molar-refractivity contribution in [3.8, 4) is 28.9 Å². The number of amides is 1. The summed E-state index contributed by atoms with van der Waals surface area (Å²) in [7, 11) is 1.52. The van der Waals surface area contributed by atoms with Crippen LogP contribution in [0.2, 0.25) is 0 Å². The van der Waals surface area contributed by atoms with Gasteiger partial charge in [0.25, 0.3) is 0 Å². The fourth-order valence-electron chi connectivity index (χ4n) is 2.78. The Bertz CT molecular complexity index is 1120. The van der Waals surface area contributed by atoms with Crippen molar-refractivity contribution in [1.29, 1.82) is 5.26 Å². The molecule has 2 aromatic carbocycles. The Labute approximate surface area is 186 Å². The number of hydrogen-bond donors (Lipinski definition) is 1. The normalized spacial score (nSPS) is 11.1. The number of carbonyl (C=O) groups excluding carboxylic acids is 1. The highest BCUT2D eigenvalue weighted by molar-refractivity contribution is 7.99. The molecule has 0 atom stereocenters. The first-order chi connectivity index (χ1) is 15.3. The maximum atomic E-state index is 13.3. The van der Waals surface area contributed by atoms with Gasteiger partial charge in [-0.2, -0.15) is 18.4 Å². The molecule has 0 saturated carbocycles. The highest BCUT2D eigenvalue weighted by atomic mass is 32.2. The second kappa shape index (κ2) is 10.2. The van der Waals surface area contributed by atoms with Crippen LogP contribution in [0.15, 0.2) is 53.7 Å². The van der Waals surface area contributed by atoms with Crippen LogP contribution in [0.1, 0.15) is 12.0 Å². The number of methoxy groups -OCH3 is 1. The Kier molecular flexibility index (Phi) is 7.37. The number of benzene rings is 2. The number of nitrogens with one attached hydrogen (secondary N) is 1. The first-order valence-electron chi connectivity index (χ1n) is 9.37. The highest BCUT2D eigenvalue weighted by Gasteiger charge is 2.31. The summed E-state index contributed by atoms with van der Waals surface area (Å²) in [4.78, 5) is 12.0. The van der Waals surface area contributed by atoms with E-state index in [9.17, 15) is 18.0 Å². The molecule has 11 heteroatoms. The average molecular weight is 461 g/mol. The summed E-state index contributed by atoms with van der Waals surface area (Å²) in [5.74, 6) is 0.572. The molecule has 7 nitrogen and oxygen atoms in total. The summed E-state index contributed by atoms with van der Waals surface area (Å²) in [5, 5.41) is 19.7. The van der Waals surface area contributed by atoms with E-state index in [1.165, 1.54) is 23.8 Å². The molecule has 3 aromatic rings. The van der Waals surface area contributed by atoms with Gasteiger partial charge in [-0.3, -0.25) is 9.36 Å². The van der Waals surface area contributed by atoms with Crippen LogP contribution < -0.4 is 10.1 Å². The molecule has 0 radical (unpaired) electrons. The smallest absolute Gasteiger partial charge is 0.416 e. The summed E-state index contributed by atoms with van der Waals surface area (Å²) in [6, 6.07) is 13.6. The minimum absolute atomic E-state index is 0.0366. The molecule has 166 valence electrons. The fraction of sp³-hybridized carbons (Fsp3) is 0.238. The molecule has 1 aromatic heterocycles. The molecular formula is C21H18F3N5O2S. The van der Waals surface area contributed by atoms with Gasteiger partial charge >= 0.3 is 6.18 Å². The highest BCUT2D eigenvalue weighted by Crippen LogP contribution is 2.33. The molecule has 0 fully saturated rings. The quantitative estimate of drug-likeness (QED) is 0.401. The van der Waals surface area contributed by atoms with Gasteiger partial charge in [0.2, 0.25) is 5.91 Å². The molecule has 3 rings (SSSR count). The molecule has 0 spiro atoms. The Morgan fingerprint density at radius 3 is 2.62 bits per heavy atom. The van der Waals surface area contributed by atoms with E-state index in [1.54, 1.807) is 24.3 Å². The molecule has 1 amide bonds. The average Bonchev–Trinajstić information content (AvgIpc) is 3.21. The van der Waals surface area contributed by atoms with E-state index < -0.39 is 11.7 Å². The van der Waals surface area contributed by atoms with Gasteiger partial charge in [0.1, 0.15) is 5.75 Å². The van der Waals surface area contributed by atoms with Crippen LogP contribution in [-0.4, -0.2) is 40.1 Å². The van der Waals surface area contributed by atoms with Crippen molar-refractivity contribution in [2.24, 2.45) is 0 Å². The third-order valence-electron chi connectivity index (χ3n) is 4.30. The molecule has 32 heavy (non-hydrogen) atoms. The third-order valence-corrected chi connectivity index (χ3v) is 5.23. The predicted octanol–water partition coefficient (Wildman–Crippen LogP) is 4.08. The third kappa shape index (κ3) is 5.59. The maximum Gasteiger partial charge on any atom is 0.416 e. The first-order valence-corrected chi connectivity index (χ1v) is 10.4. The van der Waals surface area contributed by atoms with Gasteiger partial charge in [-0.25, -0.2) is 0 Å². The number of nitriles is 1. The van der Waals surface area contributed by atoms with Gasteiger partial charge in [-0.05, 0) is 42.5 Å². The van der Waals surface area contributed by atoms with Gasteiger partial charge in [0, 0.05) is 12.1 Å². The van der Waals surface area contributed by atoms with Crippen molar-refractivity contribution in [1.82, 2.24) is 20.1 Å². The van der Waals surface area contributed by atoms with Gasteiger partial charge in [0.15, 0.2) is 11.0 Å². The molecule has 1 heterocycles. The van der Waals surface area contributed by atoms with E-state index in [0.29, 0.717) is 17.1 Å². The van der Waals surface area contributed by atoms with E-state index in [-0.39, 0.29) is 35.5 Å². The molecule has 0 aliphatic rings. The zero-order valence-electron chi connectivity index (χ0n) is 16.9. The summed E-state index contributed by atoms with van der Waals surface area (Å²) in [6.07, 6.45) is -4.34. The minimum Gasteiger partial charge on any atom is -0.497 e. The number of halogens is 3. The number of hydrogen-bond acceptors (Lipinski definition) is 6. The molecule has 0 bridgehead atoms. The SMILES string of the molecule is COc1ccc(-c2nnc(SCC(=O)NCCC#N)n2-c2cccc(C(F)(F)F)c2)cc1. The van der Waals surface area contributed by atoms with E-state index in [2.05, 4.69) is 15.5 Å². The lowest BCUT2D eigenvalue weighted by Gasteiger charge is -2.13. The van der Waals surface area contributed by atoms with Crippen molar-refractivity contribution >= 4 is 17.7 Å². The van der Waals surface area contributed by atoms with Crippen molar-refractivity contribution in [2.45, 2.75) is 17.8 Å². The fourth-order valence-corrected chi connectivity index (χ4v) is 3.57. The molecular weight excluding hydrogens is 443 g/mol. The van der Waals surface area contributed by atoms with E-state index in [0.717, 1.165) is 23.9 Å². The predicted molar refractivity (Wildman–Crippen MR) is 112 cm³/mol. The standard InChI is InChI=1S/C21H18F3N5O2S/c1-31-17-8-6-14(7-9-17)19-27-28-20(32-13-18(30)26-11-3-10-25)29(19)16-5-2-4-15(12-16)21(22,23)24/h2,4-9,12H,3,11,13H2,1H3,(H,26,30). The number of nitrogens with zero attached hydrogens (tertiary/aromatic N) is 4. The lowest BCUT2D eigenvalue weighted by molar-refractivity contribution is -0.137. The lowest BCUT2D eigenvalue weighted by Crippen LogP contribution is -2.26. The second-order valence-corrected chi connectivity index (χ2v) is 7.41. The number of aromatic nitrogens is 3. The zero-order valence-corrected chi connectivity index (χ0v) is 17.7. The number of thioether (sulfide) groups is 1. The van der Waals surface area contributed by atoms with Crippen molar-refractivity contribution < 1.29 is 22.7 Å². The van der Waals surface area contributed by atoms with Crippen molar-refractivity contribution in [3.05, 3.63) is 54.1 Å². The minimum atomic E-state index is -4.52. The van der Waals surface area contributed by atoms with E-state index >= 15 is 0 Å². The van der Waals surface area contributed by atoms with Crippen molar-refractivity contribution in [3.63, 3.8) is 0 Å². The number of ether oxygens (including phenoxy) is 1. The van der Waals surface area contributed by atoms with Gasteiger partial charge in [-0.1, -0.05) is 17.8 Å². The Balaban J connectivity index is 1.98.